The average Bonchev–Trinajstić information content (AvgIpc) is 2.90. The molecule has 5 nitrogen and oxygen atoms in total. The third-order valence-electron chi connectivity index (χ3n) is 3.30. The van der Waals surface area contributed by atoms with Crippen molar-refractivity contribution in [3.63, 3.8) is 0 Å². The third kappa shape index (κ3) is 2.51. The van der Waals surface area contributed by atoms with Crippen molar-refractivity contribution in [3.05, 3.63) is 35.4 Å². The highest BCUT2D eigenvalue weighted by Crippen LogP contribution is 2.24. The molecule has 20 heavy (non-hydrogen) atoms. The molecule has 0 saturated carbocycles. The first-order chi connectivity index (χ1) is 9.62. The van der Waals surface area contributed by atoms with E-state index in [1.165, 1.54) is 17.9 Å². The fourth-order valence-electron chi connectivity index (χ4n) is 2.10. The predicted molar refractivity (Wildman–Crippen MR) is 74.5 cm³/mol. The minimum Gasteiger partial charge on any atom is -0.497 e. The zero-order valence-corrected chi connectivity index (χ0v) is 11.9. The van der Waals surface area contributed by atoms with E-state index in [2.05, 4.69) is 10.3 Å². The van der Waals surface area contributed by atoms with Crippen molar-refractivity contribution < 1.29 is 9.13 Å². The van der Waals surface area contributed by atoms with Crippen LogP contribution in [-0.2, 0) is 6.42 Å². The van der Waals surface area contributed by atoms with E-state index in [0.717, 1.165) is 17.8 Å². The molecule has 0 saturated heterocycles. The number of halogens is 1. The smallest absolute Gasteiger partial charge is 0.149 e. The summed E-state index contributed by atoms with van der Waals surface area (Å²) < 4.78 is 20.7. The largest absolute Gasteiger partial charge is 0.497 e. The first kappa shape index (κ1) is 14.5. The molecule has 0 radical (unpaired) electrons. The first-order valence-electron chi connectivity index (χ1n) is 6.66. The molecule has 108 valence electrons. The van der Waals surface area contributed by atoms with Gasteiger partial charge in [-0.05, 0) is 25.0 Å². The summed E-state index contributed by atoms with van der Waals surface area (Å²) in [5, 5.41) is 8.16. The van der Waals surface area contributed by atoms with E-state index in [4.69, 9.17) is 10.5 Å². The number of nitrogens with two attached hydrogens (primary N) is 1. The Morgan fingerprint density at radius 3 is 2.75 bits per heavy atom. The number of hydrogen-bond donors (Lipinski definition) is 1. The minimum atomic E-state index is -0.373. The van der Waals surface area contributed by atoms with Gasteiger partial charge in [-0.2, -0.15) is 0 Å². The lowest BCUT2D eigenvalue weighted by atomic mass is 10.1. The lowest BCUT2D eigenvalue weighted by Crippen LogP contribution is -2.12. The van der Waals surface area contributed by atoms with Gasteiger partial charge in [0.25, 0.3) is 0 Å². The van der Waals surface area contributed by atoms with Crippen LogP contribution in [0.3, 0.4) is 0 Å². The Bertz CT molecular complexity index is 597. The van der Waals surface area contributed by atoms with Gasteiger partial charge in [-0.25, -0.2) is 9.07 Å². The summed E-state index contributed by atoms with van der Waals surface area (Å²) in [5.41, 5.74) is 7.89. The van der Waals surface area contributed by atoms with Crippen molar-refractivity contribution in [1.82, 2.24) is 15.0 Å². The predicted octanol–water partition coefficient (Wildman–Crippen LogP) is 2.39. The molecule has 2 N–H and O–H groups in total. The van der Waals surface area contributed by atoms with Crippen LogP contribution in [0, 0.1) is 5.82 Å². The Morgan fingerprint density at radius 1 is 1.40 bits per heavy atom. The van der Waals surface area contributed by atoms with Crippen LogP contribution in [0.15, 0.2) is 18.2 Å². The maximum atomic E-state index is 14.0. The average molecular weight is 278 g/mol. The second kappa shape index (κ2) is 6.00. The number of rotatable bonds is 5. The fraction of sp³-hybridized carbons (Fsp3) is 0.429. The van der Waals surface area contributed by atoms with Crippen LogP contribution in [0.5, 0.6) is 5.75 Å². The zero-order chi connectivity index (χ0) is 14.7. The Balaban J connectivity index is 2.55. The Morgan fingerprint density at radius 2 is 2.15 bits per heavy atom. The Hall–Kier alpha value is -1.95. The molecule has 2 rings (SSSR count). The van der Waals surface area contributed by atoms with Gasteiger partial charge in [-0.15, -0.1) is 5.10 Å². The number of hydrogen-bond acceptors (Lipinski definition) is 4. The summed E-state index contributed by atoms with van der Waals surface area (Å²) >= 11 is 0. The van der Waals surface area contributed by atoms with E-state index in [1.807, 2.05) is 13.8 Å². The van der Waals surface area contributed by atoms with E-state index in [1.54, 1.807) is 12.1 Å². The van der Waals surface area contributed by atoms with Gasteiger partial charge >= 0.3 is 0 Å². The number of benzene rings is 1. The van der Waals surface area contributed by atoms with Crippen molar-refractivity contribution in [2.45, 2.75) is 32.7 Å². The van der Waals surface area contributed by atoms with Gasteiger partial charge in [0.05, 0.1) is 18.8 Å². The van der Waals surface area contributed by atoms with E-state index < -0.39 is 0 Å². The number of ether oxygens (including phenoxy) is 1. The molecule has 0 bridgehead atoms. The van der Waals surface area contributed by atoms with Gasteiger partial charge in [-0.1, -0.05) is 19.1 Å². The van der Waals surface area contributed by atoms with Crippen molar-refractivity contribution >= 4 is 0 Å². The molecule has 0 aliphatic heterocycles. The summed E-state index contributed by atoms with van der Waals surface area (Å²) in [7, 11) is 1.54. The van der Waals surface area contributed by atoms with Crippen LogP contribution in [0.25, 0.3) is 5.69 Å². The summed E-state index contributed by atoms with van der Waals surface area (Å²) in [6.07, 6.45) is 1.43. The molecule has 6 heteroatoms. The number of nitrogens with zero attached hydrogens (tertiary/aromatic N) is 3. The standard InChI is InChI=1S/C14H19FN4O/c1-4-11(16)14-12(5-2)19(18-17-14)13-8-9(20-3)6-7-10(13)15/h6-8,11H,4-5,16H2,1-3H3. The molecular formula is C14H19FN4O. The summed E-state index contributed by atoms with van der Waals surface area (Å²) in [5.74, 6) is 0.197. The Kier molecular flexibility index (Phi) is 4.34. The van der Waals surface area contributed by atoms with E-state index in [0.29, 0.717) is 17.9 Å². The van der Waals surface area contributed by atoms with Crippen LogP contribution in [0.2, 0.25) is 0 Å². The van der Waals surface area contributed by atoms with Crippen molar-refractivity contribution in [2.24, 2.45) is 5.73 Å². The maximum Gasteiger partial charge on any atom is 0.149 e. The van der Waals surface area contributed by atoms with E-state index in [-0.39, 0.29) is 11.9 Å². The third-order valence-corrected chi connectivity index (χ3v) is 3.30. The topological polar surface area (TPSA) is 66.0 Å². The molecule has 1 aromatic carbocycles. The monoisotopic (exact) mass is 278 g/mol. The highest BCUT2D eigenvalue weighted by Gasteiger charge is 2.19. The van der Waals surface area contributed by atoms with Gasteiger partial charge in [0.15, 0.2) is 0 Å². The molecule has 0 aliphatic carbocycles. The highest BCUT2D eigenvalue weighted by molar-refractivity contribution is 5.41. The van der Waals surface area contributed by atoms with E-state index >= 15 is 0 Å². The molecule has 1 unspecified atom stereocenters. The zero-order valence-electron chi connectivity index (χ0n) is 11.9. The van der Waals surface area contributed by atoms with Gasteiger partial charge in [-0.3, -0.25) is 0 Å². The normalized spacial score (nSPS) is 12.4. The van der Waals surface area contributed by atoms with E-state index in [9.17, 15) is 4.39 Å². The molecule has 1 aromatic heterocycles. The first-order valence-corrected chi connectivity index (χ1v) is 6.66. The van der Waals surface area contributed by atoms with Crippen LogP contribution in [0.1, 0.15) is 37.7 Å². The summed E-state index contributed by atoms with van der Waals surface area (Å²) in [6, 6.07) is 4.34. The minimum absolute atomic E-state index is 0.188. The molecule has 0 aliphatic rings. The highest BCUT2D eigenvalue weighted by atomic mass is 19.1. The SMILES string of the molecule is CCc1c(C(N)CC)nnn1-c1cc(OC)ccc1F. The van der Waals surface area contributed by atoms with Crippen LogP contribution < -0.4 is 10.5 Å². The second-order valence-corrected chi connectivity index (χ2v) is 4.52. The van der Waals surface area contributed by atoms with Gasteiger partial charge in [0.1, 0.15) is 22.9 Å². The number of methoxy groups -OCH3 is 1. The summed E-state index contributed by atoms with van der Waals surface area (Å²) in [4.78, 5) is 0. The van der Waals surface area contributed by atoms with Crippen molar-refractivity contribution in [3.8, 4) is 11.4 Å². The van der Waals surface area contributed by atoms with Crippen molar-refractivity contribution in [2.75, 3.05) is 7.11 Å². The van der Waals surface area contributed by atoms with Gasteiger partial charge in [0, 0.05) is 6.07 Å². The number of aromatic nitrogens is 3. The molecule has 0 fully saturated rings. The fourth-order valence-corrected chi connectivity index (χ4v) is 2.10. The summed E-state index contributed by atoms with van der Waals surface area (Å²) in [6.45, 7) is 3.95. The van der Waals surface area contributed by atoms with Crippen LogP contribution in [0.4, 0.5) is 4.39 Å². The van der Waals surface area contributed by atoms with Crippen LogP contribution >= 0.6 is 0 Å². The van der Waals surface area contributed by atoms with Crippen LogP contribution in [-0.4, -0.2) is 22.1 Å². The Labute approximate surface area is 117 Å². The molecule has 1 atom stereocenters. The molecular weight excluding hydrogens is 259 g/mol. The molecule has 0 amide bonds. The van der Waals surface area contributed by atoms with Gasteiger partial charge in [0.2, 0.25) is 0 Å². The molecule has 0 spiro atoms. The molecule has 2 aromatic rings. The molecule has 1 heterocycles. The quantitative estimate of drug-likeness (QED) is 0.912. The van der Waals surface area contributed by atoms with Crippen molar-refractivity contribution in [1.29, 1.82) is 0 Å². The second-order valence-electron chi connectivity index (χ2n) is 4.52. The van der Waals surface area contributed by atoms with Gasteiger partial charge < -0.3 is 10.5 Å². The maximum absolute atomic E-state index is 14.0. The lowest BCUT2D eigenvalue weighted by Gasteiger charge is -2.11. The lowest BCUT2D eigenvalue weighted by molar-refractivity contribution is 0.413.